The van der Waals surface area contributed by atoms with E-state index in [9.17, 15) is 0 Å². The number of hydrogen-bond acceptors (Lipinski definition) is 5. The maximum Gasteiger partial charge on any atom is 0.147 e. The van der Waals surface area contributed by atoms with Crippen molar-refractivity contribution >= 4 is 11.6 Å². The molecule has 0 bridgehead atoms. The second-order valence-electron chi connectivity index (χ2n) is 4.67. The van der Waals surface area contributed by atoms with Crippen LogP contribution >= 0.6 is 0 Å². The lowest BCUT2D eigenvalue weighted by Gasteiger charge is -2.24. The van der Waals surface area contributed by atoms with E-state index in [1.54, 1.807) is 12.4 Å². The van der Waals surface area contributed by atoms with E-state index in [4.69, 9.17) is 0 Å². The van der Waals surface area contributed by atoms with Gasteiger partial charge in [0, 0.05) is 25.7 Å². The first-order valence-electron chi connectivity index (χ1n) is 6.16. The molecule has 1 unspecified atom stereocenters. The van der Waals surface area contributed by atoms with Crippen LogP contribution in [0.15, 0.2) is 12.4 Å². The summed E-state index contributed by atoms with van der Waals surface area (Å²) in [5.74, 6) is 1.62. The standard InChI is InChI=1S/C12H21N5/c1-9(17(3)10-4-5-10)6-15-12-8-14-7-11(13-2)16-12/h7-10H,4-6H2,1-3H3,(H2,13,15,16). The lowest BCUT2D eigenvalue weighted by Crippen LogP contribution is -2.36. The van der Waals surface area contributed by atoms with Crippen LogP contribution in [-0.2, 0) is 0 Å². The van der Waals surface area contributed by atoms with Gasteiger partial charge in [0.05, 0.1) is 12.4 Å². The van der Waals surface area contributed by atoms with Crippen LogP contribution in [0, 0.1) is 0 Å². The summed E-state index contributed by atoms with van der Waals surface area (Å²) in [7, 11) is 4.04. The summed E-state index contributed by atoms with van der Waals surface area (Å²) in [5.41, 5.74) is 0. The molecule has 1 aliphatic carbocycles. The summed E-state index contributed by atoms with van der Waals surface area (Å²) in [4.78, 5) is 10.9. The quantitative estimate of drug-likeness (QED) is 0.781. The molecular weight excluding hydrogens is 214 g/mol. The molecule has 17 heavy (non-hydrogen) atoms. The van der Waals surface area contributed by atoms with Gasteiger partial charge in [-0.2, -0.15) is 0 Å². The average molecular weight is 235 g/mol. The Bertz CT molecular complexity index is 364. The fraction of sp³-hybridized carbons (Fsp3) is 0.667. The molecule has 0 aliphatic heterocycles. The molecule has 2 rings (SSSR count). The van der Waals surface area contributed by atoms with E-state index in [0.717, 1.165) is 24.2 Å². The summed E-state index contributed by atoms with van der Waals surface area (Å²) in [6.07, 6.45) is 6.15. The Balaban J connectivity index is 1.83. The van der Waals surface area contributed by atoms with Crippen LogP contribution in [0.25, 0.3) is 0 Å². The lowest BCUT2D eigenvalue weighted by atomic mass is 10.3. The van der Waals surface area contributed by atoms with Gasteiger partial charge in [0.25, 0.3) is 0 Å². The third-order valence-corrected chi connectivity index (χ3v) is 3.29. The molecule has 0 saturated heterocycles. The topological polar surface area (TPSA) is 53.1 Å². The van der Waals surface area contributed by atoms with Crippen LogP contribution in [0.3, 0.4) is 0 Å². The highest BCUT2D eigenvalue weighted by Gasteiger charge is 2.28. The average Bonchev–Trinajstić information content (AvgIpc) is 3.19. The normalized spacial score (nSPS) is 16.9. The highest BCUT2D eigenvalue weighted by Crippen LogP contribution is 2.26. The van der Waals surface area contributed by atoms with E-state index in [1.165, 1.54) is 12.8 Å². The first-order valence-corrected chi connectivity index (χ1v) is 6.16. The van der Waals surface area contributed by atoms with Crippen molar-refractivity contribution in [3.8, 4) is 0 Å². The predicted octanol–water partition coefficient (Wildman–Crippen LogP) is 1.41. The minimum atomic E-state index is 0.516. The maximum atomic E-state index is 4.38. The number of nitrogens with zero attached hydrogens (tertiary/aromatic N) is 3. The number of rotatable bonds is 6. The van der Waals surface area contributed by atoms with Gasteiger partial charge in [0.15, 0.2) is 0 Å². The van der Waals surface area contributed by atoms with E-state index in [2.05, 4.69) is 39.5 Å². The number of anilines is 2. The minimum absolute atomic E-state index is 0.516. The molecule has 94 valence electrons. The molecule has 0 amide bonds. The Morgan fingerprint density at radius 1 is 1.41 bits per heavy atom. The summed E-state index contributed by atoms with van der Waals surface area (Å²) in [6.45, 7) is 3.13. The van der Waals surface area contributed by atoms with Crippen molar-refractivity contribution in [2.24, 2.45) is 0 Å². The molecule has 0 aromatic carbocycles. The smallest absolute Gasteiger partial charge is 0.147 e. The van der Waals surface area contributed by atoms with Crippen LogP contribution in [0.4, 0.5) is 11.6 Å². The Morgan fingerprint density at radius 2 is 2.12 bits per heavy atom. The molecule has 1 aromatic rings. The third kappa shape index (κ3) is 3.30. The van der Waals surface area contributed by atoms with Crippen molar-refractivity contribution in [1.82, 2.24) is 14.9 Å². The number of likely N-dealkylation sites (N-methyl/N-ethyl adjacent to an activating group) is 1. The minimum Gasteiger partial charge on any atom is -0.372 e. The Morgan fingerprint density at radius 3 is 2.76 bits per heavy atom. The molecular formula is C12H21N5. The number of aromatic nitrogens is 2. The molecule has 0 radical (unpaired) electrons. The highest BCUT2D eigenvalue weighted by atomic mass is 15.2. The van der Waals surface area contributed by atoms with E-state index in [-0.39, 0.29) is 0 Å². The summed E-state index contributed by atoms with van der Waals surface area (Å²) < 4.78 is 0. The van der Waals surface area contributed by atoms with Gasteiger partial charge in [-0.05, 0) is 26.8 Å². The van der Waals surface area contributed by atoms with Gasteiger partial charge in [0.2, 0.25) is 0 Å². The lowest BCUT2D eigenvalue weighted by molar-refractivity contribution is 0.257. The van der Waals surface area contributed by atoms with Crippen LogP contribution in [0.5, 0.6) is 0 Å². The zero-order valence-electron chi connectivity index (χ0n) is 10.8. The van der Waals surface area contributed by atoms with Crippen molar-refractivity contribution in [3.63, 3.8) is 0 Å². The molecule has 0 spiro atoms. The SMILES string of the molecule is CNc1cncc(NCC(C)N(C)C2CC2)n1. The van der Waals surface area contributed by atoms with Gasteiger partial charge in [-0.25, -0.2) is 4.98 Å². The first-order chi connectivity index (χ1) is 8.20. The summed E-state index contributed by atoms with van der Waals surface area (Å²) in [6, 6.07) is 1.31. The monoisotopic (exact) mass is 235 g/mol. The van der Waals surface area contributed by atoms with Crippen molar-refractivity contribution in [2.75, 3.05) is 31.3 Å². The molecule has 5 heteroatoms. The predicted molar refractivity (Wildman–Crippen MR) is 70.3 cm³/mol. The largest absolute Gasteiger partial charge is 0.372 e. The van der Waals surface area contributed by atoms with Crippen molar-refractivity contribution in [3.05, 3.63) is 12.4 Å². The first kappa shape index (κ1) is 12.1. The molecule has 5 nitrogen and oxygen atoms in total. The molecule has 1 saturated carbocycles. The Hall–Kier alpha value is -1.36. The van der Waals surface area contributed by atoms with Gasteiger partial charge < -0.3 is 10.6 Å². The van der Waals surface area contributed by atoms with Crippen LogP contribution in [-0.4, -0.2) is 47.6 Å². The van der Waals surface area contributed by atoms with Gasteiger partial charge in [-0.1, -0.05) is 0 Å². The zero-order chi connectivity index (χ0) is 12.3. The number of nitrogens with one attached hydrogen (secondary N) is 2. The Labute approximate surface area is 103 Å². The number of hydrogen-bond donors (Lipinski definition) is 2. The zero-order valence-corrected chi connectivity index (χ0v) is 10.8. The fourth-order valence-corrected chi connectivity index (χ4v) is 1.81. The van der Waals surface area contributed by atoms with Crippen molar-refractivity contribution < 1.29 is 0 Å². The molecule has 1 aliphatic rings. The van der Waals surface area contributed by atoms with Crippen LogP contribution < -0.4 is 10.6 Å². The summed E-state index contributed by atoms with van der Waals surface area (Å²) >= 11 is 0. The fourth-order valence-electron chi connectivity index (χ4n) is 1.81. The molecule has 2 N–H and O–H groups in total. The van der Waals surface area contributed by atoms with Gasteiger partial charge in [-0.15, -0.1) is 0 Å². The van der Waals surface area contributed by atoms with Crippen molar-refractivity contribution in [2.45, 2.75) is 31.8 Å². The van der Waals surface area contributed by atoms with E-state index >= 15 is 0 Å². The van der Waals surface area contributed by atoms with E-state index < -0.39 is 0 Å². The van der Waals surface area contributed by atoms with E-state index in [1.807, 2.05) is 7.05 Å². The molecule has 1 heterocycles. The highest BCUT2D eigenvalue weighted by molar-refractivity contribution is 5.41. The molecule has 1 atom stereocenters. The van der Waals surface area contributed by atoms with Gasteiger partial charge in [-0.3, -0.25) is 9.88 Å². The van der Waals surface area contributed by atoms with Gasteiger partial charge in [0.1, 0.15) is 11.6 Å². The molecule has 1 fully saturated rings. The third-order valence-electron chi connectivity index (χ3n) is 3.29. The Kier molecular flexibility index (Phi) is 3.78. The second kappa shape index (κ2) is 5.31. The van der Waals surface area contributed by atoms with Crippen molar-refractivity contribution in [1.29, 1.82) is 0 Å². The van der Waals surface area contributed by atoms with E-state index in [0.29, 0.717) is 6.04 Å². The maximum absolute atomic E-state index is 4.38. The van der Waals surface area contributed by atoms with Crippen LogP contribution in [0.2, 0.25) is 0 Å². The second-order valence-corrected chi connectivity index (χ2v) is 4.67. The summed E-state index contributed by atoms with van der Waals surface area (Å²) in [5, 5.41) is 6.31. The van der Waals surface area contributed by atoms with Gasteiger partial charge >= 0.3 is 0 Å². The molecule has 1 aromatic heterocycles. The van der Waals surface area contributed by atoms with Crippen LogP contribution in [0.1, 0.15) is 19.8 Å².